The molecule has 0 aliphatic rings. The number of hydrogen-bond donors (Lipinski definition) is 0. The summed E-state index contributed by atoms with van der Waals surface area (Å²) in [5, 5.41) is 10.3. The molecule has 58 valence electrons. The minimum Gasteiger partial charge on any atom is -0.265 e. The van der Waals surface area contributed by atoms with Crippen LogP contribution in [-0.4, -0.2) is 4.92 Å². The van der Waals surface area contributed by atoms with Crippen molar-refractivity contribution in [3.05, 3.63) is 37.9 Å². The zero-order valence-electron chi connectivity index (χ0n) is 5.36. The van der Waals surface area contributed by atoms with Crippen LogP contribution in [0, 0.1) is 13.7 Å². The van der Waals surface area contributed by atoms with Crippen LogP contribution in [0.4, 0.5) is 5.69 Å². The molecule has 1 aromatic rings. The number of hydrogen-bond acceptors (Lipinski definition) is 3. The van der Waals surface area contributed by atoms with Gasteiger partial charge in [-0.15, -0.1) is 0 Å². The molecule has 0 bridgehead atoms. The SMILES string of the molecule is O=Ic1ccccc1[N+](=O)[O-]. The second kappa shape index (κ2) is 3.51. The third-order valence-electron chi connectivity index (χ3n) is 1.13. The summed E-state index contributed by atoms with van der Waals surface area (Å²) in [6.45, 7) is 0. The summed E-state index contributed by atoms with van der Waals surface area (Å²) >= 11 is -1.44. The minimum absolute atomic E-state index is 0.0460. The maximum atomic E-state index is 10.5. The van der Waals surface area contributed by atoms with E-state index in [1.165, 1.54) is 12.1 Å². The second-order valence-electron chi connectivity index (χ2n) is 1.79. The third kappa shape index (κ3) is 1.79. The smallest absolute Gasteiger partial charge is 0.265 e. The number of nitro groups is 1. The van der Waals surface area contributed by atoms with E-state index in [-0.39, 0.29) is 5.69 Å². The van der Waals surface area contributed by atoms with Crippen molar-refractivity contribution < 1.29 is 7.99 Å². The Hall–Kier alpha value is -0.850. The van der Waals surface area contributed by atoms with Crippen LogP contribution >= 0.6 is 21.2 Å². The Morgan fingerprint density at radius 3 is 2.45 bits per heavy atom. The number of nitrogens with zero attached hydrogens (tertiary/aromatic N) is 1. The van der Waals surface area contributed by atoms with E-state index in [1.54, 1.807) is 12.1 Å². The summed E-state index contributed by atoms with van der Waals surface area (Å²) in [6.07, 6.45) is 0. The molecule has 0 aromatic heterocycles. The van der Waals surface area contributed by atoms with Gasteiger partial charge < -0.3 is 0 Å². The molecular formula is C6H4INO3. The number of para-hydroxylation sites is 1. The lowest BCUT2D eigenvalue weighted by atomic mass is 10.3. The number of halogens is 1. The van der Waals surface area contributed by atoms with Crippen molar-refractivity contribution in [3.8, 4) is 0 Å². The van der Waals surface area contributed by atoms with Crippen molar-refractivity contribution in [2.24, 2.45) is 0 Å². The van der Waals surface area contributed by atoms with Gasteiger partial charge in [0.2, 0.25) is 0 Å². The van der Waals surface area contributed by atoms with Gasteiger partial charge in [-0.2, -0.15) is 0 Å². The Bertz CT molecular complexity index is 300. The molecule has 0 fully saturated rings. The lowest BCUT2D eigenvalue weighted by molar-refractivity contribution is -0.385. The van der Waals surface area contributed by atoms with Crippen LogP contribution in [0.25, 0.3) is 0 Å². The summed E-state index contributed by atoms with van der Waals surface area (Å²) in [4.78, 5) is 9.74. The fraction of sp³-hybridized carbons (Fsp3) is 0. The van der Waals surface area contributed by atoms with Gasteiger partial charge in [0.15, 0.2) is 21.2 Å². The number of benzene rings is 1. The lowest BCUT2D eigenvalue weighted by Gasteiger charge is -1.90. The van der Waals surface area contributed by atoms with Crippen LogP contribution < -0.4 is 0 Å². The molecule has 4 nitrogen and oxygen atoms in total. The first kappa shape index (κ1) is 8.25. The largest absolute Gasteiger partial charge is 0.285 e. The van der Waals surface area contributed by atoms with Gasteiger partial charge in [0.25, 0.3) is 5.69 Å². The molecule has 0 unspecified atom stereocenters. The molecule has 0 aliphatic carbocycles. The molecule has 0 atom stereocenters. The molecule has 0 saturated heterocycles. The van der Waals surface area contributed by atoms with E-state index in [9.17, 15) is 13.2 Å². The van der Waals surface area contributed by atoms with E-state index in [4.69, 9.17) is 0 Å². The molecule has 0 N–H and O–H groups in total. The number of nitro benzene ring substituents is 1. The first-order valence-corrected chi connectivity index (χ1v) is 4.72. The summed E-state index contributed by atoms with van der Waals surface area (Å²) < 4.78 is 10.8. The van der Waals surface area contributed by atoms with Crippen molar-refractivity contribution in [3.63, 3.8) is 0 Å². The molecule has 5 heteroatoms. The van der Waals surface area contributed by atoms with Gasteiger partial charge in [-0.3, -0.25) is 13.2 Å². The Kier molecular flexibility index (Phi) is 2.64. The first-order valence-electron chi connectivity index (χ1n) is 2.76. The van der Waals surface area contributed by atoms with E-state index >= 15 is 0 Å². The lowest BCUT2D eigenvalue weighted by Crippen LogP contribution is -1.89. The summed E-state index contributed by atoms with van der Waals surface area (Å²) in [6, 6.07) is 6.06. The van der Waals surface area contributed by atoms with Crippen molar-refractivity contribution in [1.82, 2.24) is 0 Å². The molecule has 0 aliphatic heterocycles. The molecule has 0 heterocycles. The molecule has 1 aromatic carbocycles. The molecule has 0 saturated carbocycles. The zero-order chi connectivity index (χ0) is 8.27. The molecule has 0 radical (unpaired) electrons. The Balaban J connectivity index is 3.22. The standard InChI is InChI=1S/C6H4INO3/c9-7-5-3-1-2-4-6(5)8(10)11/h1-4H. The maximum absolute atomic E-state index is 10.5. The van der Waals surface area contributed by atoms with Gasteiger partial charge in [-0.25, -0.2) is 0 Å². The van der Waals surface area contributed by atoms with Crippen molar-refractivity contribution >= 4 is 26.9 Å². The first-order chi connectivity index (χ1) is 5.25. The quantitative estimate of drug-likeness (QED) is 0.467. The molecule has 0 spiro atoms. The fourth-order valence-electron chi connectivity index (χ4n) is 0.665. The van der Waals surface area contributed by atoms with Crippen LogP contribution in [0.1, 0.15) is 0 Å². The van der Waals surface area contributed by atoms with E-state index in [0.717, 1.165) is 0 Å². The molecule has 0 amide bonds. The highest BCUT2D eigenvalue weighted by Crippen LogP contribution is 2.21. The van der Waals surface area contributed by atoms with Crippen LogP contribution in [0.15, 0.2) is 24.3 Å². The van der Waals surface area contributed by atoms with Gasteiger partial charge in [-0.05, 0) is 6.07 Å². The van der Waals surface area contributed by atoms with E-state index in [0.29, 0.717) is 3.57 Å². The van der Waals surface area contributed by atoms with Gasteiger partial charge in [-0.1, -0.05) is 12.1 Å². The predicted octanol–water partition coefficient (Wildman–Crippen LogP) is 2.08. The van der Waals surface area contributed by atoms with Crippen molar-refractivity contribution in [2.75, 3.05) is 0 Å². The predicted molar refractivity (Wildman–Crippen MR) is 46.5 cm³/mol. The van der Waals surface area contributed by atoms with Gasteiger partial charge >= 0.3 is 0 Å². The maximum Gasteiger partial charge on any atom is 0.285 e. The molecule has 11 heavy (non-hydrogen) atoms. The van der Waals surface area contributed by atoms with Crippen molar-refractivity contribution in [2.45, 2.75) is 0 Å². The highest BCUT2D eigenvalue weighted by atomic mass is 127. The Labute approximate surface area is 73.0 Å². The van der Waals surface area contributed by atoms with Crippen molar-refractivity contribution in [1.29, 1.82) is 0 Å². The average Bonchev–Trinajstić information content (AvgIpc) is 2.04. The van der Waals surface area contributed by atoms with E-state index < -0.39 is 26.1 Å². The summed E-state index contributed by atoms with van der Waals surface area (Å²) in [7, 11) is 0. The van der Waals surface area contributed by atoms with Crippen LogP contribution in [0.5, 0.6) is 0 Å². The van der Waals surface area contributed by atoms with Gasteiger partial charge in [0, 0.05) is 6.07 Å². The topological polar surface area (TPSA) is 60.2 Å². The van der Waals surface area contributed by atoms with Gasteiger partial charge in [0.05, 0.1) is 4.92 Å². The van der Waals surface area contributed by atoms with E-state index in [1.807, 2.05) is 0 Å². The summed E-state index contributed by atoms with van der Waals surface area (Å²) in [5.74, 6) is 0. The summed E-state index contributed by atoms with van der Waals surface area (Å²) in [5.41, 5.74) is -0.0460. The number of rotatable bonds is 2. The molecule has 1 rings (SSSR count). The normalized spacial score (nSPS) is 9.45. The van der Waals surface area contributed by atoms with Crippen LogP contribution in [-0.2, 0) is 3.07 Å². The third-order valence-corrected chi connectivity index (χ3v) is 2.52. The fourth-order valence-corrected chi connectivity index (χ4v) is 1.62. The second-order valence-corrected chi connectivity index (χ2v) is 3.39. The monoisotopic (exact) mass is 265 g/mol. The highest BCUT2D eigenvalue weighted by Gasteiger charge is 2.10. The Morgan fingerprint density at radius 1 is 1.36 bits per heavy atom. The van der Waals surface area contributed by atoms with Gasteiger partial charge in [0.1, 0.15) is 3.57 Å². The van der Waals surface area contributed by atoms with Crippen LogP contribution in [0.3, 0.4) is 0 Å². The molecular weight excluding hydrogens is 261 g/mol. The zero-order valence-corrected chi connectivity index (χ0v) is 7.52. The van der Waals surface area contributed by atoms with E-state index in [2.05, 4.69) is 0 Å². The van der Waals surface area contributed by atoms with Crippen LogP contribution in [0.2, 0.25) is 0 Å². The highest BCUT2D eigenvalue weighted by molar-refractivity contribution is 14.1. The Morgan fingerprint density at radius 2 is 2.00 bits per heavy atom. The minimum atomic E-state index is -1.44. The average molecular weight is 265 g/mol.